The molecule has 1 aliphatic rings. The largest absolute Gasteiger partial charge is 0.366 e. The summed E-state index contributed by atoms with van der Waals surface area (Å²) in [7, 11) is 0. The molecule has 2 heteroatoms. The Hall–Kier alpha value is -2.32. The van der Waals surface area contributed by atoms with Crippen LogP contribution in [0.2, 0.25) is 0 Å². The van der Waals surface area contributed by atoms with Crippen LogP contribution in [0.15, 0.2) is 72.9 Å². The Balaban J connectivity index is 2.06. The first-order chi connectivity index (χ1) is 11.8. The number of hydrogen-bond donors (Lipinski definition) is 2. The zero-order valence-corrected chi connectivity index (χ0v) is 14.8. The van der Waals surface area contributed by atoms with Crippen molar-refractivity contribution in [3.05, 3.63) is 84.0 Å². The number of allylic oxidation sites excluding steroid dienone is 7. The van der Waals surface area contributed by atoms with Crippen LogP contribution in [0.5, 0.6) is 0 Å². The molecule has 1 aromatic rings. The lowest BCUT2D eigenvalue weighted by molar-refractivity contribution is 0.620. The van der Waals surface area contributed by atoms with Gasteiger partial charge in [-0.25, -0.2) is 0 Å². The summed E-state index contributed by atoms with van der Waals surface area (Å²) in [5.41, 5.74) is 5.07. The lowest BCUT2D eigenvalue weighted by atomic mass is 10.0. The highest BCUT2D eigenvalue weighted by atomic mass is 15.1. The van der Waals surface area contributed by atoms with Gasteiger partial charge in [0.25, 0.3) is 0 Å². The van der Waals surface area contributed by atoms with Crippen LogP contribution in [-0.4, -0.2) is 6.17 Å². The van der Waals surface area contributed by atoms with Gasteiger partial charge in [0.15, 0.2) is 0 Å². The molecule has 1 heterocycles. The van der Waals surface area contributed by atoms with Crippen molar-refractivity contribution in [1.29, 1.82) is 0 Å². The molecule has 0 aliphatic carbocycles. The second kappa shape index (κ2) is 9.74. The third-order valence-corrected chi connectivity index (χ3v) is 4.02. The Kier molecular flexibility index (Phi) is 7.31. The number of hydrogen-bond acceptors (Lipinski definition) is 2. The molecule has 24 heavy (non-hydrogen) atoms. The topological polar surface area (TPSA) is 24.1 Å². The van der Waals surface area contributed by atoms with Gasteiger partial charge in [0.1, 0.15) is 0 Å². The second-order valence-corrected chi connectivity index (χ2v) is 5.76. The first kappa shape index (κ1) is 18.0. The van der Waals surface area contributed by atoms with E-state index in [1.54, 1.807) is 6.08 Å². The van der Waals surface area contributed by atoms with E-state index in [9.17, 15) is 0 Å². The van der Waals surface area contributed by atoms with Gasteiger partial charge < -0.3 is 5.32 Å². The molecule has 2 N–H and O–H groups in total. The fourth-order valence-corrected chi connectivity index (χ4v) is 2.66. The van der Waals surface area contributed by atoms with Gasteiger partial charge in [-0.3, -0.25) is 5.32 Å². The molecule has 2 rings (SSSR count). The Morgan fingerprint density at radius 2 is 2.17 bits per heavy atom. The lowest BCUT2D eigenvalue weighted by Crippen LogP contribution is -2.38. The molecule has 1 atom stereocenters. The van der Waals surface area contributed by atoms with E-state index in [0.29, 0.717) is 0 Å². The molecule has 0 saturated heterocycles. The SMILES string of the molecule is C=C/C=C\c1cccc2c1CNC(/C=C/C=C(\C=C/CC)CC)N2. The normalized spacial score (nSPS) is 18.2. The van der Waals surface area contributed by atoms with E-state index < -0.39 is 0 Å². The predicted molar refractivity (Wildman–Crippen MR) is 107 cm³/mol. The van der Waals surface area contributed by atoms with Crippen molar-refractivity contribution >= 4 is 11.8 Å². The molecular weight excluding hydrogens is 292 g/mol. The summed E-state index contributed by atoms with van der Waals surface area (Å²) < 4.78 is 0. The van der Waals surface area contributed by atoms with Crippen molar-refractivity contribution < 1.29 is 0 Å². The predicted octanol–water partition coefficient (Wildman–Crippen LogP) is 5.59. The van der Waals surface area contributed by atoms with E-state index in [1.807, 2.05) is 6.08 Å². The molecule has 2 nitrogen and oxygen atoms in total. The smallest absolute Gasteiger partial charge is 0.0966 e. The first-order valence-electron chi connectivity index (χ1n) is 8.73. The van der Waals surface area contributed by atoms with E-state index in [1.165, 1.54) is 22.4 Å². The fraction of sp³-hybridized carbons (Fsp3) is 0.273. The minimum absolute atomic E-state index is 0.153. The van der Waals surface area contributed by atoms with Crippen LogP contribution in [0, 0.1) is 0 Å². The Morgan fingerprint density at radius 1 is 1.29 bits per heavy atom. The maximum absolute atomic E-state index is 3.74. The molecule has 0 saturated carbocycles. The van der Waals surface area contributed by atoms with Crippen LogP contribution in [0.25, 0.3) is 6.08 Å². The number of anilines is 1. The van der Waals surface area contributed by atoms with Gasteiger partial charge in [-0.2, -0.15) is 0 Å². The van der Waals surface area contributed by atoms with Crippen LogP contribution < -0.4 is 10.6 Å². The van der Waals surface area contributed by atoms with Crippen molar-refractivity contribution in [2.24, 2.45) is 0 Å². The zero-order chi connectivity index (χ0) is 17.2. The number of rotatable bonds is 7. The van der Waals surface area contributed by atoms with Gasteiger partial charge in [0, 0.05) is 12.2 Å². The van der Waals surface area contributed by atoms with Crippen molar-refractivity contribution in [2.45, 2.75) is 39.4 Å². The van der Waals surface area contributed by atoms with Gasteiger partial charge in [-0.1, -0.05) is 75.1 Å². The van der Waals surface area contributed by atoms with Gasteiger partial charge >= 0.3 is 0 Å². The molecule has 1 aromatic carbocycles. The number of benzene rings is 1. The summed E-state index contributed by atoms with van der Waals surface area (Å²) in [5, 5.41) is 7.07. The van der Waals surface area contributed by atoms with Crippen LogP contribution in [0.3, 0.4) is 0 Å². The van der Waals surface area contributed by atoms with Crippen LogP contribution in [-0.2, 0) is 6.54 Å². The molecule has 0 fully saturated rings. The highest BCUT2D eigenvalue weighted by molar-refractivity contribution is 5.66. The molecule has 0 radical (unpaired) electrons. The molecule has 126 valence electrons. The van der Waals surface area contributed by atoms with E-state index in [4.69, 9.17) is 0 Å². The van der Waals surface area contributed by atoms with E-state index in [0.717, 1.165) is 19.4 Å². The van der Waals surface area contributed by atoms with Gasteiger partial charge in [-0.05, 0) is 41.7 Å². The van der Waals surface area contributed by atoms with Crippen LogP contribution in [0.1, 0.15) is 37.8 Å². The summed E-state index contributed by atoms with van der Waals surface area (Å²) in [6.07, 6.45) is 19.1. The standard InChI is InChI=1S/C22H28N2/c1-4-7-11-18(6-3)12-9-16-22-23-17-20-19(13-8-5-2)14-10-15-21(20)24-22/h5,7-16,22-24H,2,4,6,17H2,1,3H3/b11-7-,13-8-,16-9+,18-12-. The summed E-state index contributed by atoms with van der Waals surface area (Å²) in [4.78, 5) is 0. The minimum Gasteiger partial charge on any atom is -0.366 e. The van der Waals surface area contributed by atoms with Gasteiger partial charge in [0.05, 0.1) is 6.17 Å². The molecule has 0 spiro atoms. The van der Waals surface area contributed by atoms with Gasteiger partial charge in [-0.15, -0.1) is 0 Å². The molecule has 1 unspecified atom stereocenters. The molecule has 1 aliphatic heterocycles. The Labute approximate surface area is 146 Å². The van der Waals surface area contributed by atoms with E-state index in [2.05, 4.69) is 85.7 Å². The average molecular weight is 320 g/mol. The molecule has 0 bridgehead atoms. The highest BCUT2D eigenvalue weighted by Gasteiger charge is 2.15. The minimum atomic E-state index is 0.153. The number of fused-ring (bicyclic) bond motifs is 1. The first-order valence-corrected chi connectivity index (χ1v) is 8.73. The maximum atomic E-state index is 3.74. The average Bonchev–Trinajstić information content (AvgIpc) is 2.62. The van der Waals surface area contributed by atoms with Crippen LogP contribution >= 0.6 is 0 Å². The molecular formula is C22H28N2. The van der Waals surface area contributed by atoms with Crippen molar-refractivity contribution in [3.8, 4) is 0 Å². The molecule has 0 amide bonds. The molecule has 0 aromatic heterocycles. The van der Waals surface area contributed by atoms with Crippen molar-refractivity contribution in [1.82, 2.24) is 5.32 Å². The number of nitrogens with one attached hydrogen (secondary N) is 2. The fourth-order valence-electron chi connectivity index (χ4n) is 2.66. The van der Waals surface area contributed by atoms with Gasteiger partial charge in [0.2, 0.25) is 0 Å². The van der Waals surface area contributed by atoms with Crippen molar-refractivity contribution in [2.75, 3.05) is 5.32 Å². The summed E-state index contributed by atoms with van der Waals surface area (Å²) in [5.74, 6) is 0. The summed E-state index contributed by atoms with van der Waals surface area (Å²) in [6.45, 7) is 8.94. The third-order valence-electron chi connectivity index (χ3n) is 4.02. The van der Waals surface area contributed by atoms with E-state index >= 15 is 0 Å². The quantitative estimate of drug-likeness (QED) is 0.640. The van der Waals surface area contributed by atoms with E-state index in [-0.39, 0.29) is 6.17 Å². The van der Waals surface area contributed by atoms with Crippen molar-refractivity contribution in [3.63, 3.8) is 0 Å². The summed E-state index contributed by atoms with van der Waals surface area (Å²) >= 11 is 0. The zero-order valence-electron chi connectivity index (χ0n) is 14.8. The second-order valence-electron chi connectivity index (χ2n) is 5.76. The Morgan fingerprint density at radius 3 is 2.92 bits per heavy atom. The summed E-state index contributed by atoms with van der Waals surface area (Å²) in [6, 6.07) is 6.36. The highest BCUT2D eigenvalue weighted by Crippen LogP contribution is 2.25. The maximum Gasteiger partial charge on any atom is 0.0966 e. The lowest BCUT2D eigenvalue weighted by Gasteiger charge is -2.27. The monoisotopic (exact) mass is 320 g/mol. The third kappa shape index (κ3) is 5.10. The van der Waals surface area contributed by atoms with Crippen LogP contribution in [0.4, 0.5) is 5.69 Å². The Bertz CT molecular complexity index is 663.